The van der Waals surface area contributed by atoms with Crippen LogP contribution in [0.2, 0.25) is 0 Å². The summed E-state index contributed by atoms with van der Waals surface area (Å²) in [5.74, 6) is 1.67. The summed E-state index contributed by atoms with van der Waals surface area (Å²) in [6, 6.07) is 7.38. The summed E-state index contributed by atoms with van der Waals surface area (Å²) >= 11 is 0. The first kappa shape index (κ1) is 17.8. The molecule has 1 aromatic heterocycles. The Balaban J connectivity index is 1.71. The Morgan fingerprint density at radius 2 is 1.81 bits per heavy atom. The number of halogens is 1. The van der Waals surface area contributed by atoms with Gasteiger partial charge in [0, 0.05) is 31.7 Å². The molecule has 4 rings (SSSR count). The minimum Gasteiger partial charge on any atom is -0.497 e. The second-order valence-electron chi connectivity index (χ2n) is 7.10. The van der Waals surface area contributed by atoms with Gasteiger partial charge in [0.05, 0.1) is 7.11 Å². The zero-order valence-corrected chi connectivity index (χ0v) is 15.5. The first-order valence-corrected chi connectivity index (χ1v) is 9.50. The first-order valence-electron chi connectivity index (χ1n) is 9.50. The normalized spacial score (nSPS) is 18.1. The number of alkyl halides is 1. The first-order chi connectivity index (χ1) is 13.2. The average molecular weight is 373 g/mol. The number of benzene rings is 1. The van der Waals surface area contributed by atoms with E-state index in [4.69, 9.17) is 9.26 Å². The van der Waals surface area contributed by atoms with E-state index >= 15 is 0 Å². The third-order valence-electron chi connectivity index (χ3n) is 5.36. The maximum absolute atomic E-state index is 13.5. The highest BCUT2D eigenvalue weighted by molar-refractivity contribution is 6.04. The molecule has 0 bridgehead atoms. The van der Waals surface area contributed by atoms with Crippen LogP contribution in [-0.2, 0) is 0 Å². The summed E-state index contributed by atoms with van der Waals surface area (Å²) in [5.41, 5.74) is 1.26. The maximum Gasteiger partial charge on any atom is 0.261 e. The molecule has 2 aromatic rings. The number of piperidine rings is 1. The predicted octanol–water partition coefficient (Wildman–Crippen LogP) is 3.52. The van der Waals surface area contributed by atoms with Crippen LogP contribution in [-0.4, -0.2) is 55.4 Å². The largest absolute Gasteiger partial charge is 0.497 e. The third kappa shape index (κ3) is 3.50. The van der Waals surface area contributed by atoms with Gasteiger partial charge in [-0.3, -0.25) is 4.79 Å². The van der Waals surface area contributed by atoms with E-state index in [1.807, 2.05) is 24.3 Å². The number of carbonyl (C=O) groups is 1. The number of methoxy groups -OCH3 is 1. The van der Waals surface area contributed by atoms with Crippen molar-refractivity contribution < 1.29 is 18.4 Å². The number of likely N-dealkylation sites (tertiary alicyclic amines) is 1. The molecule has 2 aliphatic rings. The topological polar surface area (TPSA) is 58.8 Å². The lowest BCUT2D eigenvalue weighted by Gasteiger charge is -2.29. The predicted molar refractivity (Wildman–Crippen MR) is 100.0 cm³/mol. The summed E-state index contributed by atoms with van der Waals surface area (Å²) in [6.07, 6.45) is 2.09. The van der Waals surface area contributed by atoms with Crippen LogP contribution in [0.15, 0.2) is 28.8 Å². The van der Waals surface area contributed by atoms with Crippen LogP contribution in [0, 0.1) is 0 Å². The van der Waals surface area contributed by atoms with Crippen molar-refractivity contribution in [3.63, 3.8) is 0 Å². The Morgan fingerprint density at radius 3 is 2.44 bits per heavy atom. The highest BCUT2D eigenvalue weighted by Crippen LogP contribution is 2.35. The van der Waals surface area contributed by atoms with Gasteiger partial charge < -0.3 is 19.1 Å². The van der Waals surface area contributed by atoms with Crippen LogP contribution in [0.3, 0.4) is 0 Å². The maximum atomic E-state index is 13.5. The SMILES string of the molecule is COc1ccc(-c2onc(N3CCCC3)c2C(=O)N2CCC(F)CC2)cc1. The second kappa shape index (κ2) is 7.58. The molecular formula is C20H24FN3O3. The van der Waals surface area contributed by atoms with Crippen molar-refractivity contribution in [3.05, 3.63) is 29.8 Å². The minimum atomic E-state index is -0.823. The van der Waals surface area contributed by atoms with Crippen LogP contribution in [0.5, 0.6) is 5.75 Å². The molecule has 0 spiro atoms. The number of hydrogen-bond donors (Lipinski definition) is 0. The van der Waals surface area contributed by atoms with E-state index in [9.17, 15) is 9.18 Å². The van der Waals surface area contributed by atoms with E-state index in [2.05, 4.69) is 10.1 Å². The quantitative estimate of drug-likeness (QED) is 0.821. The zero-order valence-electron chi connectivity index (χ0n) is 15.5. The number of hydrogen-bond acceptors (Lipinski definition) is 5. The van der Waals surface area contributed by atoms with Gasteiger partial charge in [0.2, 0.25) is 0 Å². The highest BCUT2D eigenvalue weighted by Gasteiger charge is 2.33. The average Bonchev–Trinajstić information content (AvgIpc) is 3.37. The Labute approximate surface area is 157 Å². The molecule has 144 valence electrons. The highest BCUT2D eigenvalue weighted by atomic mass is 19.1. The summed E-state index contributed by atoms with van der Waals surface area (Å²) in [6.45, 7) is 2.57. The molecule has 3 heterocycles. The molecule has 2 aliphatic heterocycles. The molecule has 1 amide bonds. The number of amides is 1. The standard InChI is InChI=1S/C20H24FN3O3/c1-26-16-6-4-14(5-7-16)18-17(19(22-27-18)23-10-2-3-11-23)20(25)24-12-8-15(21)9-13-24/h4-7,15H,2-3,8-13H2,1H3. The smallest absolute Gasteiger partial charge is 0.261 e. The molecule has 2 fully saturated rings. The Morgan fingerprint density at radius 1 is 1.15 bits per heavy atom. The summed E-state index contributed by atoms with van der Waals surface area (Å²) in [7, 11) is 1.61. The number of rotatable bonds is 4. The second-order valence-corrected chi connectivity index (χ2v) is 7.10. The van der Waals surface area contributed by atoms with Crippen molar-refractivity contribution in [2.75, 3.05) is 38.2 Å². The summed E-state index contributed by atoms with van der Waals surface area (Å²) < 4.78 is 24.4. The van der Waals surface area contributed by atoms with Gasteiger partial charge in [-0.15, -0.1) is 0 Å². The van der Waals surface area contributed by atoms with Gasteiger partial charge in [-0.25, -0.2) is 4.39 Å². The van der Waals surface area contributed by atoms with Crippen molar-refractivity contribution in [1.82, 2.24) is 10.1 Å². The zero-order chi connectivity index (χ0) is 18.8. The third-order valence-corrected chi connectivity index (χ3v) is 5.36. The van der Waals surface area contributed by atoms with Gasteiger partial charge in [0.15, 0.2) is 11.6 Å². The fourth-order valence-electron chi connectivity index (χ4n) is 3.77. The number of carbonyl (C=O) groups excluding carboxylic acids is 1. The molecule has 0 saturated carbocycles. The lowest BCUT2D eigenvalue weighted by Crippen LogP contribution is -2.39. The van der Waals surface area contributed by atoms with Gasteiger partial charge in [-0.1, -0.05) is 5.16 Å². The van der Waals surface area contributed by atoms with Crippen LogP contribution >= 0.6 is 0 Å². The van der Waals surface area contributed by atoms with Gasteiger partial charge in [-0.2, -0.15) is 0 Å². The van der Waals surface area contributed by atoms with E-state index in [-0.39, 0.29) is 5.91 Å². The van der Waals surface area contributed by atoms with Crippen LogP contribution < -0.4 is 9.64 Å². The molecule has 0 radical (unpaired) electrons. The van der Waals surface area contributed by atoms with Gasteiger partial charge in [-0.05, 0) is 49.9 Å². The van der Waals surface area contributed by atoms with Crippen LogP contribution in [0.4, 0.5) is 10.2 Å². The number of ether oxygens (including phenoxy) is 1. The number of aromatic nitrogens is 1. The molecule has 1 aromatic carbocycles. The monoisotopic (exact) mass is 373 g/mol. The van der Waals surface area contributed by atoms with E-state index in [0.29, 0.717) is 43.1 Å². The molecule has 27 heavy (non-hydrogen) atoms. The molecule has 2 saturated heterocycles. The number of anilines is 1. The fraction of sp³-hybridized carbons (Fsp3) is 0.500. The molecule has 0 aliphatic carbocycles. The van der Waals surface area contributed by atoms with Crippen molar-refractivity contribution in [1.29, 1.82) is 0 Å². The molecule has 0 N–H and O–H groups in total. The molecule has 0 atom stereocenters. The van der Waals surface area contributed by atoms with Crippen LogP contribution in [0.25, 0.3) is 11.3 Å². The van der Waals surface area contributed by atoms with Crippen molar-refractivity contribution >= 4 is 11.7 Å². The van der Waals surface area contributed by atoms with Gasteiger partial charge in [0.1, 0.15) is 17.5 Å². The van der Waals surface area contributed by atoms with Gasteiger partial charge in [0.25, 0.3) is 5.91 Å². The van der Waals surface area contributed by atoms with Gasteiger partial charge >= 0.3 is 0 Å². The Bertz CT molecular complexity index is 791. The van der Waals surface area contributed by atoms with Crippen molar-refractivity contribution in [3.8, 4) is 17.1 Å². The summed E-state index contributed by atoms with van der Waals surface area (Å²) in [4.78, 5) is 17.1. The molecule has 6 nitrogen and oxygen atoms in total. The van der Waals surface area contributed by atoms with Crippen molar-refractivity contribution in [2.24, 2.45) is 0 Å². The molecular weight excluding hydrogens is 349 g/mol. The Kier molecular flexibility index (Phi) is 5.01. The lowest BCUT2D eigenvalue weighted by atomic mass is 10.0. The van der Waals surface area contributed by atoms with E-state index < -0.39 is 6.17 Å². The fourth-order valence-corrected chi connectivity index (χ4v) is 3.77. The van der Waals surface area contributed by atoms with E-state index in [1.165, 1.54) is 0 Å². The van der Waals surface area contributed by atoms with Crippen molar-refractivity contribution in [2.45, 2.75) is 31.9 Å². The minimum absolute atomic E-state index is 0.129. The molecule has 0 unspecified atom stereocenters. The lowest BCUT2D eigenvalue weighted by molar-refractivity contribution is 0.0668. The number of nitrogens with zero attached hydrogens (tertiary/aromatic N) is 3. The van der Waals surface area contributed by atoms with E-state index in [1.54, 1.807) is 12.0 Å². The Hall–Kier alpha value is -2.57. The van der Waals surface area contributed by atoms with Crippen LogP contribution in [0.1, 0.15) is 36.0 Å². The van der Waals surface area contributed by atoms with E-state index in [0.717, 1.165) is 37.2 Å². The molecule has 7 heteroatoms. The summed E-state index contributed by atoms with van der Waals surface area (Å²) in [5, 5.41) is 4.25.